The van der Waals surface area contributed by atoms with E-state index < -0.39 is 5.97 Å². The van der Waals surface area contributed by atoms with Crippen LogP contribution in [0.1, 0.15) is 25.7 Å². The molecule has 0 spiro atoms. The molecule has 1 heterocycles. The summed E-state index contributed by atoms with van der Waals surface area (Å²) in [6.07, 6.45) is 2.39. The third kappa shape index (κ3) is 3.67. The van der Waals surface area contributed by atoms with Crippen LogP contribution in [-0.2, 0) is 9.59 Å². The Labute approximate surface area is 117 Å². The molecule has 1 aliphatic heterocycles. The predicted molar refractivity (Wildman–Crippen MR) is 71.8 cm³/mol. The lowest BCUT2D eigenvalue weighted by Crippen LogP contribution is -2.25. The minimum atomic E-state index is -0.779. The molecule has 4 nitrogen and oxygen atoms in total. The zero-order chi connectivity index (χ0) is 13.0. The molecule has 0 saturated heterocycles. The van der Waals surface area contributed by atoms with Crippen LogP contribution in [0, 0.1) is 0 Å². The van der Waals surface area contributed by atoms with Gasteiger partial charge in [0.2, 0.25) is 0 Å². The molecule has 1 rings (SSSR count). The molecular weight excluding hydrogens is 354 g/mol. The summed E-state index contributed by atoms with van der Waals surface area (Å²) in [5.41, 5.74) is 0.653. The number of hydrogen-bond acceptors (Lipinski definition) is 2. The first-order chi connectivity index (χ1) is 7.95. The highest BCUT2D eigenvalue weighted by Gasteiger charge is 2.30. The zero-order valence-corrected chi connectivity index (χ0v) is 12.4. The van der Waals surface area contributed by atoms with Gasteiger partial charge in [-0.2, -0.15) is 0 Å². The molecule has 17 heavy (non-hydrogen) atoms. The predicted octanol–water partition coefficient (Wildman–Crippen LogP) is 2.99. The Kier molecular flexibility index (Phi) is 5.39. The second-order valence-corrected chi connectivity index (χ2v) is 5.32. The monoisotopic (exact) mass is 365 g/mol. The Balaban J connectivity index is 2.33. The number of carbonyl (C=O) groups is 2. The van der Waals surface area contributed by atoms with Crippen molar-refractivity contribution in [1.82, 2.24) is 4.90 Å². The number of carboxylic acid groups (broad SMARTS) is 1. The van der Waals surface area contributed by atoms with Crippen molar-refractivity contribution in [3.05, 3.63) is 21.2 Å². The summed E-state index contributed by atoms with van der Waals surface area (Å²) < 4.78 is 1.18. The highest BCUT2D eigenvalue weighted by Crippen LogP contribution is 2.35. The molecule has 0 fully saturated rings. The van der Waals surface area contributed by atoms with Crippen LogP contribution in [0.5, 0.6) is 0 Å². The maximum Gasteiger partial charge on any atom is 0.303 e. The van der Waals surface area contributed by atoms with Gasteiger partial charge in [-0.15, -0.1) is 0 Å². The molecule has 0 unspecified atom stereocenters. The Morgan fingerprint density at radius 3 is 2.35 bits per heavy atom. The van der Waals surface area contributed by atoms with Crippen molar-refractivity contribution >= 4 is 43.7 Å². The summed E-state index contributed by atoms with van der Waals surface area (Å²) in [6, 6.07) is 0. The SMILES string of the molecule is C=C1C(Br)=C(Br)C(=O)N1CCCCCC(=O)O. The lowest BCUT2D eigenvalue weighted by atomic mass is 10.2. The first-order valence-corrected chi connectivity index (χ1v) is 6.82. The van der Waals surface area contributed by atoms with E-state index in [0.29, 0.717) is 27.6 Å². The van der Waals surface area contributed by atoms with Crippen LogP contribution in [-0.4, -0.2) is 28.4 Å². The number of halogens is 2. The van der Waals surface area contributed by atoms with Gasteiger partial charge in [-0.1, -0.05) is 13.0 Å². The molecule has 0 atom stereocenters. The number of allylic oxidation sites excluding steroid dienone is 1. The molecule has 1 aliphatic rings. The second kappa shape index (κ2) is 6.35. The first-order valence-electron chi connectivity index (χ1n) is 5.23. The summed E-state index contributed by atoms with van der Waals surface area (Å²) in [5.74, 6) is -0.876. The molecule has 1 N–H and O–H groups in total. The maximum atomic E-state index is 11.7. The van der Waals surface area contributed by atoms with Gasteiger partial charge in [0, 0.05) is 13.0 Å². The molecule has 0 aromatic heterocycles. The van der Waals surface area contributed by atoms with Crippen LogP contribution in [0.15, 0.2) is 21.2 Å². The Bertz CT molecular complexity index is 366. The summed E-state index contributed by atoms with van der Waals surface area (Å²) in [6.45, 7) is 4.39. The molecule has 6 heteroatoms. The number of carboxylic acids is 1. The Morgan fingerprint density at radius 1 is 1.24 bits per heavy atom. The summed E-state index contributed by atoms with van der Waals surface area (Å²) in [7, 11) is 0. The molecule has 0 aromatic carbocycles. The van der Waals surface area contributed by atoms with Crippen LogP contribution in [0.25, 0.3) is 0 Å². The minimum absolute atomic E-state index is 0.0971. The molecule has 0 radical (unpaired) electrons. The largest absolute Gasteiger partial charge is 0.481 e. The third-order valence-electron chi connectivity index (χ3n) is 2.48. The smallest absolute Gasteiger partial charge is 0.303 e. The van der Waals surface area contributed by atoms with Crippen molar-refractivity contribution in [2.45, 2.75) is 25.7 Å². The van der Waals surface area contributed by atoms with E-state index >= 15 is 0 Å². The van der Waals surface area contributed by atoms with Crippen molar-refractivity contribution in [1.29, 1.82) is 0 Å². The van der Waals surface area contributed by atoms with Crippen LogP contribution >= 0.6 is 31.9 Å². The van der Waals surface area contributed by atoms with Gasteiger partial charge in [0.15, 0.2) is 0 Å². The molecule has 1 amide bonds. The fourth-order valence-corrected chi connectivity index (χ4v) is 2.37. The fourth-order valence-electron chi connectivity index (χ4n) is 1.54. The van der Waals surface area contributed by atoms with E-state index in [-0.39, 0.29) is 12.3 Å². The van der Waals surface area contributed by atoms with Gasteiger partial charge in [-0.25, -0.2) is 0 Å². The van der Waals surface area contributed by atoms with E-state index in [2.05, 4.69) is 38.4 Å². The van der Waals surface area contributed by atoms with E-state index in [4.69, 9.17) is 5.11 Å². The number of amides is 1. The van der Waals surface area contributed by atoms with Gasteiger partial charge in [-0.05, 0) is 44.7 Å². The van der Waals surface area contributed by atoms with Gasteiger partial charge in [0.05, 0.1) is 14.7 Å². The van der Waals surface area contributed by atoms with Gasteiger partial charge in [0.1, 0.15) is 0 Å². The van der Waals surface area contributed by atoms with Crippen molar-refractivity contribution in [2.24, 2.45) is 0 Å². The highest BCUT2D eigenvalue weighted by atomic mass is 79.9. The lowest BCUT2D eigenvalue weighted by Gasteiger charge is -2.17. The molecule has 94 valence electrons. The summed E-state index contributed by atoms with van der Waals surface area (Å²) >= 11 is 6.48. The van der Waals surface area contributed by atoms with Crippen molar-refractivity contribution in [2.75, 3.05) is 6.54 Å². The average molecular weight is 367 g/mol. The van der Waals surface area contributed by atoms with E-state index in [1.807, 2.05) is 0 Å². The van der Waals surface area contributed by atoms with E-state index in [1.54, 1.807) is 4.90 Å². The molecule has 0 aliphatic carbocycles. The quantitative estimate of drug-likeness (QED) is 0.735. The van der Waals surface area contributed by atoms with Crippen LogP contribution in [0.2, 0.25) is 0 Å². The van der Waals surface area contributed by atoms with E-state index in [1.165, 1.54) is 0 Å². The number of hydrogen-bond donors (Lipinski definition) is 1. The molecular formula is C11H13Br2NO3. The number of rotatable bonds is 6. The Morgan fingerprint density at radius 2 is 1.88 bits per heavy atom. The number of nitrogens with zero attached hydrogens (tertiary/aromatic N) is 1. The molecule has 0 aromatic rings. The second-order valence-electron chi connectivity index (χ2n) is 3.74. The molecule has 0 saturated carbocycles. The van der Waals surface area contributed by atoms with Crippen LogP contribution in [0.3, 0.4) is 0 Å². The summed E-state index contributed by atoms with van der Waals surface area (Å²) in [4.78, 5) is 23.6. The van der Waals surface area contributed by atoms with Crippen molar-refractivity contribution < 1.29 is 14.7 Å². The van der Waals surface area contributed by atoms with Gasteiger partial charge in [0.25, 0.3) is 5.91 Å². The lowest BCUT2D eigenvalue weighted by molar-refractivity contribution is -0.137. The van der Waals surface area contributed by atoms with Crippen molar-refractivity contribution in [3.63, 3.8) is 0 Å². The third-order valence-corrected chi connectivity index (χ3v) is 4.60. The number of carbonyl (C=O) groups excluding carboxylic acids is 1. The van der Waals surface area contributed by atoms with Crippen molar-refractivity contribution in [3.8, 4) is 0 Å². The Hall–Kier alpha value is -0.620. The first kappa shape index (κ1) is 14.4. The van der Waals surface area contributed by atoms with Crippen LogP contribution < -0.4 is 0 Å². The van der Waals surface area contributed by atoms with E-state index in [0.717, 1.165) is 12.8 Å². The van der Waals surface area contributed by atoms with Gasteiger partial charge in [-0.3, -0.25) is 9.59 Å². The maximum absolute atomic E-state index is 11.7. The summed E-state index contributed by atoms with van der Waals surface area (Å²) in [5, 5.41) is 8.48. The number of unbranched alkanes of at least 4 members (excludes halogenated alkanes) is 2. The molecule has 0 bridgehead atoms. The normalized spacial score (nSPS) is 16.0. The highest BCUT2D eigenvalue weighted by molar-refractivity contribution is 9.14. The van der Waals surface area contributed by atoms with Crippen LogP contribution in [0.4, 0.5) is 0 Å². The average Bonchev–Trinajstić information content (AvgIpc) is 2.45. The standard InChI is InChI=1S/C11H13Br2NO3/c1-7-9(12)10(13)11(17)14(7)6-4-2-3-5-8(15)16/h1-6H2,(H,15,16). The zero-order valence-electron chi connectivity index (χ0n) is 9.21. The minimum Gasteiger partial charge on any atom is -0.481 e. The number of aliphatic carboxylic acids is 1. The fraction of sp³-hybridized carbons (Fsp3) is 0.455. The topological polar surface area (TPSA) is 57.6 Å². The van der Waals surface area contributed by atoms with E-state index in [9.17, 15) is 9.59 Å². The van der Waals surface area contributed by atoms with Gasteiger partial charge >= 0.3 is 5.97 Å². The van der Waals surface area contributed by atoms with Gasteiger partial charge < -0.3 is 10.0 Å².